The number of hydrogen-bond donors (Lipinski definition) is 2. The Morgan fingerprint density at radius 3 is 2.74 bits per heavy atom. The van der Waals surface area contributed by atoms with Crippen molar-refractivity contribution in [2.45, 2.75) is 11.8 Å². The molecule has 3 N–H and O–H groups in total. The number of rotatable bonds is 3. The van der Waals surface area contributed by atoms with Crippen LogP contribution in [-0.2, 0) is 10.0 Å². The van der Waals surface area contributed by atoms with E-state index in [1.165, 1.54) is 24.7 Å². The van der Waals surface area contributed by atoms with Crippen LogP contribution >= 0.6 is 15.9 Å². The third kappa shape index (κ3) is 3.02. The van der Waals surface area contributed by atoms with Crippen molar-refractivity contribution in [3.63, 3.8) is 0 Å². The molecular weight excluding hydrogens is 332 g/mol. The average molecular weight is 343 g/mol. The number of nitrogens with two attached hydrogens (primary N) is 1. The molecule has 0 atom stereocenters. The summed E-state index contributed by atoms with van der Waals surface area (Å²) < 4.78 is 27.4. The van der Waals surface area contributed by atoms with Gasteiger partial charge in [-0.15, -0.1) is 0 Å². The number of anilines is 2. The van der Waals surface area contributed by atoms with E-state index in [1.807, 2.05) is 6.92 Å². The highest BCUT2D eigenvalue weighted by atomic mass is 79.9. The maximum Gasteiger partial charge on any atom is 0.266 e. The van der Waals surface area contributed by atoms with Gasteiger partial charge >= 0.3 is 0 Å². The molecule has 0 fully saturated rings. The second-order valence-electron chi connectivity index (χ2n) is 3.84. The van der Waals surface area contributed by atoms with Crippen LogP contribution in [0.15, 0.2) is 40.1 Å². The molecule has 0 aliphatic rings. The topological polar surface area (TPSA) is 98.0 Å². The molecule has 0 bridgehead atoms. The van der Waals surface area contributed by atoms with Crippen LogP contribution in [0.4, 0.5) is 11.5 Å². The molecule has 0 aliphatic carbocycles. The molecule has 0 saturated carbocycles. The predicted molar refractivity (Wildman–Crippen MR) is 76.1 cm³/mol. The lowest BCUT2D eigenvalue weighted by molar-refractivity contribution is 0.601. The van der Waals surface area contributed by atoms with Crippen molar-refractivity contribution in [2.75, 3.05) is 10.5 Å². The van der Waals surface area contributed by atoms with E-state index in [0.29, 0.717) is 0 Å². The minimum atomic E-state index is -3.79. The maximum atomic E-state index is 12.1. The van der Waals surface area contributed by atoms with E-state index >= 15 is 0 Å². The largest absolute Gasteiger partial charge is 0.398 e. The van der Waals surface area contributed by atoms with Gasteiger partial charge in [0, 0.05) is 23.1 Å². The van der Waals surface area contributed by atoms with Gasteiger partial charge in [0.15, 0.2) is 0 Å². The fraction of sp³-hybridized carbons (Fsp3) is 0.0909. The highest BCUT2D eigenvalue weighted by Crippen LogP contribution is 2.21. The van der Waals surface area contributed by atoms with Crippen molar-refractivity contribution in [3.05, 3.63) is 40.8 Å². The summed E-state index contributed by atoms with van der Waals surface area (Å²) in [7, 11) is -3.79. The van der Waals surface area contributed by atoms with Crippen molar-refractivity contribution >= 4 is 37.5 Å². The predicted octanol–water partition coefficient (Wildman–Crippen LogP) is 1.93. The van der Waals surface area contributed by atoms with Gasteiger partial charge in [0.25, 0.3) is 10.0 Å². The number of pyridine rings is 2. The van der Waals surface area contributed by atoms with Gasteiger partial charge < -0.3 is 5.73 Å². The second kappa shape index (κ2) is 5.14. The van der Waals surface area contributed by atoms with Crippen molar-refractivity contribution in [2.24, 2.45) is 0 Å². The smallest absolute Gasteiger partial charge is 0.266 e. The molecule has 19 heavy (non-hydrogen) atoms. The molecule has 2 heterocycles. The SMILES string of the molecule is Cc1cc(NS(=O)(=O)c2cnccc2N)ncc1Br. The van der Waals surface area contributed by atoms with Gasteiger partial charge in [0.1, 0.15) is 10.7 Å². The molecule has 2 aromatic rings. The Balaban J connectivity index is 2.37. The fourth-order valence-corrected chi connectivity index (χ4v) is 2.69. The van der Waals surface area contributed by atoms with E-state index in [4.69, 9.17) is 5.73 Å². The number of halogens is 1. The molecule has 0 spiro atoms. The third-order valence-corrected chi connectivity index (χ3v) is 4.62. The Morgan fingerprint density at radius 2 is 2.11 bits per heavy atom. The first-order valence-electron chi connectivity index (χ1n) is 5.24. The minimum absolute atomic E-state index is 0.0719. The number of aromatic nitrogens is 2. The molecule has 2 aromatic heterocycles. The molecule has 0 aromatic carbocycles. The Hall–Kier alpha value is -1.67. The molecule has 0 aliphatic heterocycles. The van der Waals surface area contributed by atoms with Gasteiger partial charge in [0.05, 0.1) is 5.69 Å². The van der Waals surface area contributed by atoms with E-state index < -0.39 is 10.0 Å². The summed E-state index contributed by atoms with van der Waals surface area (Å²) in [6.07, 6.45) is 4.15. The number of nitrogen functional groups attached to an aromatic ring is 1. The number of aryl methyl sites for hydroxylation is 1. The van der Waals surface area contributed by atoms with Crippen LogP contribution < -0.4 is 10.5 Å². The third-order valence-electron chi connectivity index (χ3n) is 2.39. The molecule has 0 amide bonds. The Labute approximate surface area is 119 Å². The quantitative estimate of drug-likeness (QED) is 0.887. The van der Waals surface area contributed by atoms with Crippen LogP contribution in [0.2, 0.25) is 0 Å². The first kappa shape index (κ1) is 13.8. The number of sulfonamides is 1. The molecular formula is C11H11BrN4O2S. The number of nitrogens with zero attached hydrogens (tertiary/aromatic N) is 2. The van der Waals surface area contributed by atoms with Crippen molar-refractivity contribution in [1.29, 1.82) is 0 Å². The van der Waals surface area contributed by atoms with E-state index in [1.54, 1.807) is 6.07 Å². The first-order chi connectivity index (χ1) is 8.90. The Kier molecular flexibility index (Phi) is 3.72. The van der Waals surface area contributed by atoms with Gasteiger partial charge in [0.2, 0.25) is 0 Å². The molecule has 0 unspecified atom stereocenters. The van der Waals surface area contributed by atoms with Gasteiger partial charge in [-0.1, -0.05) is 0 Å². The van der Waals surface area contributed by atoms with Gasteiger partial charge in [-0.05, 0) is 40.5 Å². The van der Waals surface area contributed by atoms with Crippen LogP contribution in [-0.4, -0.2) is 18.4 Å². The Bertz CT molecular complexity index is 718. The first-order valence-corrected chi connectivity index (χ1v) is 7.52. The summed E-state index contributed by atoms with van der Waals surface area (Å²) in [6.45, 7) is 1.84. The Morgan fingerprint density at radius 1 is 1.37 bits per heavy atom. The number of hydrogen-bond acceptors (Lipinski definition) is 5. The molecule has 0 saturated heterocycles. The molecule has 8 heteroatoms. The average Bonchev–Trinajstić information content (AvgIpc) is 2.34. The van der Waals surface area contributed by atoms with E-state index in [9.17, 15) is 8.42 Å². The van der Waals surface area contributed by atoms with Crippen molar-refractivity contribution in [1.82, 2.24) is 9.97 Å². The van der Waals surface area contributed by atoms with Gasteiger partial charge in [-0.25, -0.2) is 13.4 Å². The normalized spacial score (nSPS) is 11.3. The highest BCUT2D eigenvalue weighted by Gasteiger charge is 2.18. The summed E-state index contributed by atoms with van der Waals surface area (Å²) in [5.74, 6) is 0.226. The zero-order valence-corrected chi connectivity index (χ0v) is 12.4. The lowest BCUT2D eigenvalue weighted by Crippen LogP contribution is -2.16. The van der Waals surface area contributed by atoms with E-state index in [-0.39, 0.29) is 16.4 Å². The van der Waals surface area contributed by atoms with Crippen LogP contribution in [0.3, 0.4) is 0 Å². The maximum absolute atomic E-state index is 12.1. The minimum Gasteiger partial charge on any atom is -0.398 e. The monoisotopic (exact) mass is 342 g/mol. The number of nitrogens with one attached hydrogen (secondary N) is 1. The van der Waals surface area contributed by atoms with Crippen LogP contribution in [0, 0.1) is 6.92 Å². The zero-order chi connectivity index (χ0) is 14.0. The molecule has 0 radical (unpaired) electrons. The molecule has 2 rings (SSSR count). The summed E-state index contributed by atoms with van der Waals surface area (Å²) in [5.41, 5.74) is 6.63. The van der Waals surface area contributed by atoms with Crippen LogP contribution in [0.25, 0.3) is 0 Å². The summed E-state index contributed by atoms with van der Waals surface area (Å²) in [5, 5.41) is 0. The summed E-state index contributed by atoms with van der Waals surface area (Å²) in [6, 6.07) is 3.04. The summed E-state index contributed by atoms with van der Waals surface area (Å²) in [4.78, 5) is 7.67. The van der Waals surface area contributed by atoms with Crippen molar-refractivity contribution in [3.8, 4) is 0 Å². The van der Waals surface area contributed by atoms with Gasteiger partial charge in [-0.2, -0.15) is 0 Å². The lowest BCUT2D eigenvalue weighted by atomic mass is 10.3. The summed E-state index contributed by atoms with van der Waals surface area (Å²) >= 11 is 3.30. The van der Waals surface area contributed by atoms with Crippen LogP contribution in [0.1, 0.15) is 5.56 Å². The second-order valence-corrected chi connectivity index (χ2v) is 6.34. The van der Waals surface area contributed by atoms with E-state index in [2.05, 4.69) is 30.6 Å². The lowest BCUT2D eigenvalue weighted by Gasteiger charge is -2.09. The van der Waals surface area contributed by atoms with E-state index in [0.717, 1.165) is 10.0 Å². The fourth-order valence-electron chi connectivity index (χ4n) is 1.40. The molecule has 6 nitrogen and oxygen atoms in total. The standard InChI is InChI=1S/C11H11BrN4O2S/c1-7-4-11(15-5-8(7)12)16-19(17,18)10-6-14-3-2-9(10)13/h2-6H,1H3,(H2,13,14)(H,15,16). The zero-order valence-electron chi connectivity index (χ0n) is 9.96. The van der Waals surface area contributed by atoms with Crippen molar-refractivity contribution < 1.29 is 8.42 Å². The highest BCUT2D eigenvalue weighted by molar-refractivity contribution is 9.10. The van der Waals surface area contributed by atoms with Crippen LogP contribution in [0.5, 0.6) is 0 Å². The van der Waals surface area contributed by atoms with Gasteiger partial charge in [-0.3, -0.25) is 9.71 Å². The molecule has 100 valence electrons.